The number of Topliss-reactive ketones (excluding diaryl/α,β-unsaturated/α-hetero) is 1. The van der Waals surface area contributed by atoms with Gasteiger partial charge in [-0.2, -0.15) is 0 Å². The van der Waals surface area contributed by atoms with E-state index >= 15 is 0 Å². The molecule has 1 aliphatic rings. The highest BCUT2D eigenvalue weighted by molar-refractivity contribution is 6.02. The molecule has 0 fully saturated rings. The fraction of sp³-hybridized carbons (Fsp3) is 0.240. The number of carbonyl (C=O) groups excluding carboxylic acids is 1. The number of nitrogens with zero attached hydrogens (tertiary/aromatic N) is 2. The van der Waals surface area contributed by atoms with Crippen LogP contribution < -0.4 is 5.56 Å². The van der Waals surface area contributed by atoms with E-state index in [1.54, 1.807) is 6.20 Å². The number of carbonyl (C=O) groups is 1. The minimum Gasteiger partial charge on any atom is -0.294 e. The van der Waals surface area contributed by atoms with Crippen LogP contribution in [-0.4, -0.2) is 20.5 Å². The minimum atomic E-state index is -0.163. The molecule has 0 aliphatic heterocycles. The fourth-order valence-electron chi connectivity index (χ4n) is 4.39. The number of nitrogens with one attached hydrogen (secondary N) is 1. The monoisotopic (exact) mass is 397 g/mol. The van der Waals surface area contributed by atoms with Gasteiger partial charge in [0.05, 0.1) is 11.1 Å². The summed E-state index contributed by atoms with van der Waals surface area (Å²) in [5, 5.41) is 3.62. The number of aromatic nitrogens is 3. The van der Waals surface area contributed by atoms with E-state index in [0.717, 1.165) is 16.8 Å². The molecule has 1 N–H and O–H groups in total. The summed E-state index contributed by atoms with van der Waals surface area (Å²) in [6.45, 7) is 4.34. The van der Waals surface area contributed by atoms with Crippen molar-refractivity contribution in [2.75, 3.05) is 0 Å². The first-order valence-corrected chi connectivity index (χ1v) is 10.3. The maximum Gasteiger partial charge on any atom is 0.281 e. The van der Waals surface area contributed by atoms with Crippen LogP contribution in [0, 0.1) is 0 Å². The smallest absolute Gasteiger partial charge is 0.281 e. The molecule has 1 aliphatic carbocycles. The van der Waals surface area contributed by atoms with Crippen LogP contribution in [0.4, 0.5) is 0 Å². The Morgan fingerprint density at radius 3 is 2.43 bits per heavy atom. The summed E-state index contributed by atoms with van der Waals surface area (Å²) in [5.74, 6) is 0.585. The van der Waals surface area contributed by atoms with Crippen molar-refractivity contribution < 1.29 is 4.79 Å². The lowest BCUT2D eigenvalue weighted by Gasteiger charge is -2.24. The molecule has 4 aromatic rings. The minimum absolute atomic E-state index is 0.0513. The van der Waals surface area contributed by atoms with Crippen molar-refractivity contribution in [3.63, 3.8) is 0 Å². The lowest BCUT2D eigenvalue weighted by atomic mass is 9.79. The molecule has 5 nitrogen and oxygen atoms in total. The summed E-state index contributed by atoms with van der Waals surface area (Å²) in [5.41, 5.74) is 4.91. The molecule has 2 aromatic heterocycles. The zero-order valence-corrected chi connectivity index (χ0v) is 17.1. The van der Waals surface area contributed by atoms with Crippen LogP contribution in [0.5, 0.6) is 0 Å². The second kappa shape index (κ2) is 7.10. The van der Waals surface area contributed by atoms with Crippen LogP contribution in [0.2, 0.25) is 0 Å². The van der Waals surface area contributed by atoms with Gasteiger partial charge in [0, 0.05) is 18.2 Å². The number of hydrogen-bond donors (Lipinski definition) is 1. The molecular weight excluding hydrogens is 374 g/mol. The molecule has 1 atom stereocenters. The van der Waals surface area contributed by atoms with E-state index in [9.17, 15) is 9.59 Å². The van der Waals surface area contributed by atoms with Gasteiger partial charge in [-0.1, -0.05) is 56.3 Å². The normalized spacial score (nSPS) is 16.2. The van der Waals surface area contributed by atoms with Gasteiger partial charge >= 0.3 is 0 Å². The number of ketones is 1. The molecule has 0 unspecified atom stereocenters. The zero-order chi connectivity index (χ0) is 20.8. The van der Waals surface area contributed by atoms with E-state index < -0.39 is 0 Å². The van der Waals surface area contributed by atoms with Crippen molar-refractivity contribution in [3.8, 4) is 5.69 Å². The van der Waals surface area contributed by atoms with Crippen LogP contribution in [0.25, 0.3) is 16.7 Å². The number of rotatable bonds is 3. The predicted octanol–water partition coefficient (Wildman–Crippen LogP) is 4.75. The zero-order valence-electron chi connectivity index (χ0n) is 17.1. The maximum atomic E-state index is 13.3. The van der Waals surface area contributed by atoms with Gasteiger partial charge < -0.3 is 0 Å². The highest BCUT2D eigenvalue weighted by atomic mass is 16.1. The van der Waals surface area contributed by atoms with Gasteiger partial charge in [-0.15, -0.1) is 0 Å². The second-order valence-corrected chi connectivity index (χ2v) is 8.31. The average molecular weight is 397 g/mol. The highest BCUT2D eigenvalue weighted by Gasteiger charge is 2.30. The van der Waals surface area contributed by atoms with E-state index in [2.05, 4.69) is 48.2 Å². The van der Waals surface area contributed by atoms with Gasteiger partial charge in [0.15, 0.2) is 11.4 Å². The molecule has 2 heterocycles. The second-order valence-electron chi connectivity index (χ2n) is 8.31. The fourth-order valence-corrected chi connectivity index (χ4v) is 4.39. The van der Waals surface area contributed by atoms with Crippen LogP contribution in [0.1, 0.15) is 59.2 Å². The Balaban J connectivity index is 1.61. The summed E-state index contributed by atoms with van der Waals surface area (Å²) >= 11 is 0. The van der Waals surface area contributed by atoms with Gasteiger partial charge in [-0.3, -0.25) is 14.7 Å². The van der Waals surface area contributed by atoms with Crippen LogP contribution in [-0.2, 0) is 6.42 Å². The standard InChI is InChI=1S/C25H23N3O2/c1-15(2)16-8-10-17(11-9-16)18-12-20-21(22(29)13-18)14-26-24-23(20)25(30)28(27-24)19-6-4-3-5-7-19/h3-11,14-15,18H,12-13H2,1-2H3,(H,26,27)/t18-/m0/s1. The Labute approximate surface area is 174 Å². The maximum absolute atomic E-state index is 13.3. The number of aromatic amines is 1. The number of H-pyrrole nitrogens is 1. The molecule has 0 saturated carbocycles. The van der Waals surface area contributed by atoms with E-state index in [1.807, 2.05) is 30.3 Å². The molecule has 30 heavy (non-hydrogen) atoms. The third kappa shape index (κ3) is 2.98. The molecule has 0 radical (unpaired) electrons. The van der Waals surface area contributed by atoms with Gasteiger partial charge in [0.1, 0.15) is 0 Å². The van der Waals surface area contributed by atoms with E-state index in [4.69, 9.17) is 0 Å². The first kappa shape index (κ1) is 18.6. The highest BCUT2D eigenvalue weighted by Crippen LogP contribution is 2.35. The number of benzene rings is 2. The number of para-hydroxylation sites is 1. The summed E-state index contributed by atoms with van der Waals surface area (Å²) < 4.78 is 1.50. The molecular formula is C25H23N3O2. The molecule has 0 amide bonds. The number of fused-ring (bicyclic) bond motifs is 3. The third-order valence-electron chi connectivity index (χ3n) is 6.09. The van der Waals surface area contributed by atoms with Crippen LogP contribution in [0.15, 0.2) is 65.6 Å². The first-order valence-electron chi connectivity index (χ1n) is 10.3. The predicted molar refractivity (Wildman–Crippen MR) is 118 cm³/mol. The molecule has 5 rings (SSSR count). The van der Waals surface area contributed by atoms with Crippen molar-refractivity contribution >= 4 is 16.8 Å². The van der Waals surface area contributed by atoms with Gasteiger partial charge in [0.25, 0.3) is 5.56 Å². The van der Waals surface area contributed by atoms with Gasteiger partial charge in [0.2, 0.25) is 0 Å². The average Bonchev–Trinajstić information content (AvgIpc) is 3.11. The Hall–Kier alpha value is -3.47. The topological polar surface area (TPSA) is 67.8 Å². The Kier molecular flexibility index (Phi) is 4.39. The third-order valence-corrected chi connectivity index (χ3v) is 6.09. The van der Waals surface area contributed by atoms with Crippen molar-refractivity contribution in [3.05, 3.63) is 93.4 Å². The van der Waals surface area contributed by atoms with Crippen molar-refractivity contribution in [2.45, 2.75) is 38.5 Å². The molecule has 0 bridgehead atoms. The van der Waals surface area contributed by atoms with Crippen LogP contribution >= 0.6 is 0 Å². The lowest BCUT2D eigenvalue weighted by Crippen LogP contribution is -2.22. The van der Waals surface area contributed by atoms with Crippen molar-refractivity contribution in [1.29, 1.82) is 0 Å². The summed E-state index contributed by atoms with van der Waals surface area (Å²) in [7, 11) is 0. The largest absolute Gasteiger partial charge is 0.294 e. The van der Waals surface area contributed by atoms with Crippen molar-refractivity contribution in [2.24, 2.45) is 0 Å². The lowest BCUT2D eigenvalue weighted by molar-refractivity contribution is 0.0964. The van der Waals surface area contributed by atoms with Crippen LogP contribution in [0.3, 0.4) is 0 Å². The molecule has 2 aromatic carbocycles. The van der Waals surface area contributed by atoms with Gasteiger partial charge in [-0.25, -0.2) is 9.67 Å². The molecule has 150 valence electrons. The Morgan fingerprint density at radius 1 is 1.00 bits per heavy atom. The van der Waals surface area contributed by atoms with Gasteiger partial charge in [-0.05, 0) is 47.1 Å². The SMILES string of the molecule is CC(C)c1ccc([C@@H]2CC(=O)c3cnc4[nH]n(-c5ccccc5)c(=O)c4c3C2)cc1. The van der Waals surface area contributed by atoms with E-state index in [0.29, 0.717) is 35.4 Å². The van der Waals surface area contributed by atoms with E-state index in [-0.39, 0.29) is 17.3 Å². The Bertz CT molecular complexity index is 1300. The Morgan fingerprint density at radius 2 is 1.73 bits per heavy atom. The first-order chi connectivity index (χ1) is 14.5. The molecule has 5 heteroatoms. The van der Waals surface area contributed by atoms with E-state index in [1.165, 1.54) is 10.2 Å². The summed E-state index contributed by atoms with van der Waals surface area (Å²) in [6.07, 6.45) is 2.71. The molecule has 0 spiro atoms. The number of pyridine rings is 1. The summed E-state index contributed by atoms with van der Waals surface area (Å²) in [4.78, 5) is 30.6. The quantitative estimate of drug-likeness (QED) is 0.542. The van der Waals surface area contributed by atoms with Crippen molar-refractivity contribution in [1.82, 2.24) is 14.8 Å². The molecule has 0 saturated heterocycles. The summed E-state index contributed by atoms with van der Waals surface area (Å²) in [6, 6.07) is 17.9. The number of hydrogen-bond acceptors (Lipinski definition) is 3.